The van der Waals surface area contributed by atoms with Gasteiger partial charge in [-0.3, -0.25) is 14.6 Å². The summed E-state index contributed by atoms with van der Waals surface area (Å²) in [7, 11) is -1.32. The van der Waals surface area contributed by atoms with Gasteiger partial charge in [-0.25, -0.2) is 12.8 Å². The summed E-state index contributed by atoms with van der Waals surface area (Å²) in [5.41, 5.74) is 1.23. The standard InChI is InChI=1S/C25H26FN3O5S/c1-18(30)29(27-35(32,33)23-11-7-10-20(26)17-23)24(16-19-8-5-4-6-9-19)25(31)28(2)21-12-14-22(34-3)15-13-21/h4-15,17,24,27H,16H2,1-3H3/t24-/m0/s1. The van der Waals surface area contributed by atoms with E-state index in [1.165, 1.54) is 31.2 Å². The Morgan fingerprint density at radius 3 is 2.23 bits per heavy atom. The first-order chi connectivity index (χ1) is 16.6. The lowest BCUT2D eigenvalue weighted by Crippen LogP contribution is -2.57. The van der Waals surface area contributed by atoms with Crippen LogP contribution in [-0.4, -0.2) is 45.4 Å². The molecule has 3 aromatic rings. The number of methoxy groups -OCH3 is 1. The maximum absolute atomic E-state index is 13.7. The number of nitrogens with one attached hydrogen (secondary N) is 1. The van der Waals surface area contributed by atoms with Crippen LogP contribution in [0.2, 0.25) is 0 Å². The van der Waals surface area contributed by atoms with Crippen LogP contribution in [0, 0.1) is 5.82 Å². The Labute approximate surface area is 204 Å². The third kappa shape index (κ3) is 6.43. The molecule has 0 aromatic heterocycles. The molecule has 0 heterocycles. The normalized spacial score (nSPS) is 12.0. The van der Waals surface area contributed by atoms with Crippen LogP contribution >= 0.6 is 0 Å². The van der Waals surface area contributed by atoms with E-state index in [0.717, 1.165) is 24.1 Å². The van der Waals surface area contributed by atoms with Crippen LogP contribution < -0.4 is 14.5 Å². The average Bonchev–Trinajstić information content (AvgIpc) is 2.86. The smallest absolute Gasteiger partial charge is 0.257 e. The lowest BCUT2D eigenvalue weighted by atomic mass is 10.0. The largest absolute Gasteiger partial charge is 0.497 e. The summed E-state index contributed by atoms with van der Waals surface area (Å²) >= 11 is 0. The molecule has 0 unspecified atom stereocenters. The molecule has 1 atom stereocenters. The highest BCUT2D eigenvalue weighted by Gasteiger charge is 2.34. The zero-order valence-electron chi connectivity index (χ0n) is 19.5. The summed E-state index contributed by atoms with van der Waals surface area (Å²) in [5.74, 6) is -1.39. The maximum Gasteiger partial charge on any atom is 0.257 e. The number of sulfonamides is 1. The number of rotatable bonds is 9. The lowest BCUT2D eigenvalue weighted by molar-refractivity contribution is -0.139. The summed E-state index contributed by atoms with van der Waals surface area (Å²) in [5, 5.41) is 0.773. The minimum atomic E-state index is -4.37. The number of anilines is 1. The molecule has 2 amide bonds. The molecule has 3 rings (SSSR count). The van der Waals surface area contributed by atoms with Gasteiger partial charge in [0, 0.05) is 26.1 Å². The van der Waals surface area contributed by atoms with E-state index in [1.807, 2.05) is 0 Å². The van der Waals surface area contributed by atoms with Gasteiger partial charge in [-0.05, 0) is 48.0 Å². The fourth-order valence-electron chi connectivity index (χ4n) is 3.45. The van der Waals surface area contributed by atoms with Crippen LogP contribution in [0.15, 0.2) is 83.8 Å². The lowest BCUT2D eigenvalue weighted by Gasteiger charge is -2.33. The van der Waals surface area contributed by atoms with Crippen molar-refractivity contribution < 1.29 is 27.1 Å². The Bertz CT molecular complexity index is 1280. The van der Waals surface area contributed by atoms with Crippen molar-refractivity contribution in [2.45, 2.75) is 24.3 Å². The highest BCUT2D eigenvalue weighted by Crippen LogP contribution is 2.21. The third-order valence-corrected chi connectivity index (χ3v) is 6.63. The Morgan fingerprint density at radius 2 is 1.66 bits per heavy atom. The molecular formula is C25H26FN3O5S. The first kappa shape index (κ1) is 25.9. The highest BCUT2D eigenvalue weighted by atomic mass is 32.2. The summed E-state index contributed by atoms with van der Waals surface area (Å²) in [6.07, 6.45) is 0.0332. The second kappa shape index (κ2) is 11.1. The van der Waals surface area contributed by atoms with Crippen molar-refractivity contribution in [2.75, 3.05) is 19.1 Å². The van der Waals surface area contributed by atoms with Crippen LogP contribution in [0.4, 0.5) is 10.1 Å². The monoisotopic (exact) mass is 499 g/mol. The number of likely N-dealkylation sites (N-methyl/N-ethyl adjacent to an activating group) is 1. The molecule has 10 heteroatoms. The number of halogens is 1. The summed E-state index contributed by atoms with van der Waals surface area (Å²) < 4.78 is 44.8. The molecule has 0 aliphatic heterocycles. The molecule has 0 aliphatic carbocycles. The van der Waals surface area contributed by atoms with Crippen molar-refractivity contribution >= 4 is 27.5 Å². The fraction of sp³-hybridized carbons (Fsp3) is 0.200. The molecule has 0 fully saturated rings. The number of nitrogens with zero attached hydrogens (tertiary/aromatic N) is 2. The molecule has 0 saturated heterocycles. The minimum Gasteiger partial charge on any atom is -0.497 e. The third-order valence-electron chi connectivity index (χ3n) is 5.32. The predicted molar refractivity (Wildman–Crippen MR) is 130 cm³/mol. The first-order valence-electron chi connectivity index (χ1n) is 10.7. The molecule has 0 radical (unpaired) electrons. The van der Waals surface area contributed by atoms with Gasteiger partial charge in [0.2, 0.25) is 5.91 Å². The van der Waals surface area contributed by atoms with Gasteiger partial charge in [-0.2, -0.15) is 0 Å². The molecule has 0 aliphatic rings. The predicted octanol–water partition coefficient (Wildman–Crippen LogP) is 3.15. The number of hydrazine groups is 1. The van der Waals surface area contributed by atoms with Gasteiger partial charge >= 0.3 is 0 Å². The molecule has 8 nitrogen and oxygen atoms in total. The van der Waals surface area contributed by atoms with Crippen molar-refractivity contribution in [2.24, 2.45) is 0 Å². The quantitative estimate of drug-likeness (QED) is 0.457. The van der Waals surface area contributed by atoms with E-state index in [2.05, 4.69) is 4.83 Å². The number of carbonyl (C=O) groups excluding carboxylic acids is 2. The van der Waals surface area contributed by atoms with E-state index >= 15 is 0 Å². The Kier molecular flexibility index (Phi) is 8.21. The van der Waals surface area contributed by atoms with E-state index in [4.69, 9.17) is 4.74 Å². The number of ether oxygens (including phenoxy) is 1. The van der Waals surface area contributed by atoms with Crippen molar-refractivity contribution in [3.05, 3.63) is 90.2 Å². The number of hydrogen-bond acceptors (Lipinski definition) is 5. The molecule has 0 spiro atoms. The number of amides is 2. The molecular weight excluding hydrogens is 473 g/mol. The van der Waals surface area contributed by atoms with Gasteiger partial charge in [0.05, 0.1) is 12.0 Å². The number of carbonyl (C=O) groups is 2. The van der Waals surface area contributed by atoms with Crippen LogP contribution in [0.5, 0.6) is 5.75 Å². The van der Waals surface area contributed by atoms with Gasteiger partial charge in [0.1, 0.15) is 17.6 Å². The van der Waals surface area contributed by atoms with Gasteiger partial charge in [-0.1, -0.05) is 36.4 Å². The van der Waals surface area contributed by atoms with E-state index in [9.17, 15) is 22.4 Å². The zero-order chi connectivity index (χ0) is 25.6. The summed E-state index contributed by atoms with van der Waals surface area (Å²) in [4.78, 5) is 29.4. The van der Waals surface area contributed by atoms with Crippen molar-refractivity contribution in [1.82, 2.24) is 9.84 Å². The Morgan fingerprint density at radius 1 is 1.00 bits per heavy atom. The summed E-state index contributed by atoms with van der Waals surface area (Å²) in [6, 6.07) is 18.7. The number of benzene rings is 3. The second-order valence-electron chi connectivity index (χ2n) is 7.74. The Hall–Kier alpha value is -3.76. The highest BCUT2D eigenvalue weighted by molar-refractivity contribution is 7.89. The molecule has 0 saturated carbocycles. The molecule has 184 valence electrons. The van der Waals surface area contributed by atoms with Crippen molar-refractivity contribution in [3.63, 3.8) is 0 Å². The van der Waals surface area contributed by atoms with Crippen LogP contribution in [0.25, 0.3) is 0 Å². The van der Waals surface area contributed by atoms with Crippen molar-refractivity contribution in [3.8, 4) is 5.75 Å². The first-order valence-corrected chi connectivity index (χ1v) is 12.1. The molecule has 0 bridgehead atoms. The fourth-order valence-corrected chi connectivity index (χ4v) is 4.59. The molecule has 3 aromatic carbocycles. The van der Waals surface area contributed by atoms with E-state index in [0.29, 0.717) is 17.0 Å². The molecule has 1 N–H and O–H groups in total. The van der Waals surface area contributed by atoms with Crippen molar-refractivity contribution in [1.29, 1.82) is 0 Å². The topological polar surface area (TPSA) is 96.0 Å². The van der Waals surface area contributed by atoms with Crippen LogP contribution in [-0.2, 0) is 26.0 Å². The van der Waals surface area contributed by atoms with E-state index < -0.39 is 33.7 Å². The second-order valence-corrected chi connectivity index (χ2v) is 9.40. The van der Waals surface area contributed by atoms with E-state index in [1.54, 1.807) is 54.6 Å². The Balaban J connectivity index is 1.99. The average molecular weight is 500 g/mol. The molecule has 35 heavy (non-hydrogen) atoms. The van der Waals surface area contributed by atoms with Gasteiger partial charge in [0.25, 0.3) is 15.9 Å². The zero-order valence-corrected chi connectivity index (χ0v) is 20.3. The maximum atomic E-state index is 13.7. The van der Waals surface area contributed by atoms with Crippen LogP contribution in [0.1, 0.15) is 12.5 Å². The van der Waals surface area contributed by atoms with Gasteiger partial charge in [0.15, 0.2) is 0 Å². The van der Waals surface area contributed by atoms with E-state index in [-0.39, 0.29) is 11.3 Å². The summed E-state index contributed by atoms with van der Waals surface area (Å²) in [6.45, 7) is 1.15. The minimum absolute atomic E-state index is 0.0332. The SMILES string of the molecule is COc1ccc(N(C)C(=O)[C@H](Cc2ccccc2)N(NS(=O)(=O)c2cccc(F)c2)C(C)=O)cc1. The van der Waals surface area contributed by atoms with Gasteiger partial charge in [-0.15, -0.1) is 4.83 Å². The number of hydrogen-bond donors (Lipinski definition) is 1. The van der Waals surface area contributed by atoms with Crippen LogP contribution in [0.3, 0.4) is 0 Å². The van der Waals surface area contributed by atoms with Gasteiger partial charge < -0.3 is 9.64 Å².